The summed E-state index contributed by atoms with van der Waals surface area (Å²) < 4.78 is 10.2. The number of carbonyl (C=O) groups is 1. The van der Waals surface area contributed by atoms with Crippen molar-refractivity contribution in [2.75, 3.05) is 49.7 Å². The average Bonchev–Trinajstić information content (AvgIpc) is 2.78. The van der Waals surface area contributed by atoms with E-state index in [1.807, 2.05) is 24.3 Å². The lowest BCUT2D eigenvalue weighted by Gasteiger charge is -2.37. The number of hydrogen-bond acceptors (Lipinski definition) is 9. The van der Waals surface area contributed by atoms with Crippen LogP contribution in [0.15, 0.2) is 36.4 Å². The molecule has 11 heteroatoms. The number of nitro groups is 2. The predicted octanol–water partition coefficient (Wildman–Crippen LogP) is 3.01. The first-order valence-corrected chi connectivity index (χ1v) is 9.64. The van der Waals surface area contributed by atoms with E-state index in [-0.39, 0.29) is 17.9 Å². The first-order valence-electron chi connectivity index (χ1n) is 9.64. The lowest BCUT2D eigenvalue weighted by Crippen LogP contribution is -2.47. The van der Waals surface area contributed by atoms with Crippen molar-refractivity contribution in [3.63, 3.8) is 0 Å². The van der Waals surface area contributed by atoms with Gasteiger partial charge in [-0.15, -0.1) is 0 Å². The van der Waals surface area contributed by atoms with E-state index >= 15 is 0 Å². The van der Waals surface area contributed by atoms with Gasteiger partial charge in [0, 0.05) is 38.3 Å². The smallest absolute Gasteiger partial charge is 0.338 e. The van der Waals surface area contributed by atoms with Crippen LogP contribution in [0.5, 0.6) is 5.75 Å². The lowest BCUT2D eigenvalue weighted by molar-refractivity contribution is -0.392. The van der Waals surface area contributed by atoms with Gasteiger partial charge in [-0.3, -0.25) is 20.2 Å². The molecule has 1 saturated heterocycles. The number of benzene rings is 2. The van der Waals surface area contributed by atoms with Gasteiger partial charge < -0.3 is 19.3 Å². The highest BCUT2D eigenvalue weighted by atomic mass is 16.6. The van der Waals surface area contributed by atoms with Crippen molar-refractivity contribution in [1.29, 1.82) is 0 Å². The third-order valence-corrected chi connectivity index (χ3v) is 5.00. The summed E-state index contributed by atoms with van der Waals surface area (Å²) in [5.41, 5.74) is -0.448. The third kappa shape index (κ3) is 4.49. The number of ether oxygens (including phenoxy) is 2. The van der Waals surface area contributed by atoms with Crippen LogP contribution in [0.2, 0.25) is 0 Å². The Labute approximate surface area is 178 Å². The molecular weight excluding hydrogens is 408 g/mol. The summed E-state index contributed by atoms with van der Waals surface area (Å²) in [6.45, 7) is 3.23. The van der Waals surface area contributed by atoms with Crippen LogP contribution in [-0.2, 0) is 4.74 Å². The van der Waals surface area contributed by atoms with Gasteiger partial charge in [0.2, 0.25) is 0 Å². The Kier molecular flexibility index (Phi) is 6.53. The maximum Gasteiger partial charge on any atom is 0.338 e. The number of methoxy groups -OCH3 is 1. The normalized spacial score (nSPS) is 13.6. The minimum absolute atomic E-state index is 0.0487. The third-order valence-electron chi connectivity index (χ3n) is 5.00. The van der Waals surface area contributed by atoms with E-state index < -0.39 is 27.2 Å². The van der Waals surface area contributed by atoms with Gasteiger partial charge in [0.05, 0.1) is 34.8 Å². The number of esters is 1. The highest BCUT2D eigenvalue weighted by molar-refractivity contribution is 5.94. The van der Waals surface area contributed by atoms with Crippen LogP contribution in [-0.4, -0.2) is 55.7 Å². The second kappa shape index (κ2) is 9.28. The molecule has 0 saturated carbocycles. The van der Waals surface area contributed by atoms with Crippen LogP contribution >= 0.6 is 0 Å². The molecule has 2 aromatic rings. The number of piperazine rings is 1. The minimum Gasteiger partial charge on any atom is -0.495 e. The van der Waals surface area contributed by atoms with Crippen molar-refractivity contribution in [2.24, 2.45) is 0 Å². The molecule has 1 heterocycles. The minimum atomic E-state index is -0.846. The number of hydrogen-bond donors (Lipinski definition) is 0. The van der Waals surface area contributed by atoms with Crippen molar-refractivity contribution < 1.29 is 24.1 Å². The van der Waals surface area contributed by atoms with E-state index in [1.54, 1.807) is 18.9 Å². The largest absolute Gasteiger partial charge is 0.495 e. The summed E-state index contributed by atoms with van der Waals surface area (Å²) in [6.07, 6.45) is 0. The quantitative estimate of drug-likeness (QED) is 0.370. The molecule has 0 spiro atoms. The monoisotopic (exact) mass is 430 g/mol. The van der Waals surface area contributed by atoms with E-state index in [1.165, 1.54) is 0 Å². The first kappa shape index (κ1) is 21.8. The molecule has 31 heavy (non-hydrogen) atoms. The fourth-order valence-corrected chi connectivity index (χ4v) is 3.60. The Balaban J connectivity index is 1.94. The van der Waals surface area contributed by atoms with Crippen molar-refractivity contribution in [3.05, 3.63) is 62.2 Å². The zero-order chi connectivity index (χ0) is 22.5. The van der Waals surface area contributed by atoms with Gasteiger partial charge in [-0.05, 0) is 19.1 Å². The fourth-order valence-electron chi connectivity index (χ4n) is 3.60. The molecule has 0 radical (unpaired) electrons. The van der Waals surface area contributed by atoms with Gasteiger partial charge in [0.1, 0.15) is 5.75 Å². The summed E-state index contributed by atoms with van der Waals surface area (Å²) in [7, 11) is 1.58. The summed E-state index contributed by atoms with van der Waals surface area (Å²) in [5.74, 6) is -0.145. The van der Waals surface area contributed by atoms with E-state index in [0.717, 1.165) is 17.8 Å². The maximum atomic E-state index is 12.0. The standard InChI is InChI=1S/C20H22N4O7/c1-3-31-20(25)14-12-16(23(26)27)19(17(13-14)24(28)29)22-10-8-21(9-11-22)15-6-4-5-7-18(15)30-2/h4-7,12-13H,3,8-11H2,1-2H3. The topological polar surface area (TPSA) is 128 Å². The van der Waals surface area contributed by atoms with Crippen LogP contribution in [0.3, 0.4) is 0 Å². The van der Waals surface area contributed by atoms with Crippen molar-refractivity contribution >= 4 is 28.7 Å². The Morgan fingerprint density at radius 3 is 2.06 bits per heavy atom. The summed E-state index contributed by atoms with van der Waals surface area (Å²) in [4.78, 5) is 37.7. The van der Waals surface area contributed by atoms with Gasteiger partial charge in [-0.25, -0.2) is 4.79 Å². The molecule has 1 fully saturated rings. The molecule has 11 nitrogen and oxygen atoms in total. The SMILES string of the molecule is CCOC(=O)c1cc([N+](=O)[O-])c(N2CCN(c3ccccc3OC)CC2)c([N+](=O)[O-])c1. The Morgan fingerprint density at radius 2 is 1.55 bits per heavy atom. The molecule has 0 aliphatic carbocycles. The first-order chi connectivity index (χ1) is 14.9. The number of rotatable bonds is 7. The lowest BCUT2D eigenvalue weighted by atomic mass is 10.1. The van der Waals surface area contributed by atoms with Gasteiger partial charge >= 0.3 is 17.3 Å². The van der Waals surface area contributed by atoms with Gasteiger partial charge in [-0.2, -0.15) is 0 Å². The van der Waals surface area contributed by atoms with Gasteiger partial charge in [-0.1, -0.05) is 12.1 Å². The molecule has 0 unspecified atom stereocenters. The molecule has 0 bridgehead atoms. The van der Waals surface area contributed by atoms with E-state index in [4.69, 9.17) is 9.47 Å². The van der Waals surface area contributed by atoms with E-state index in [0.29, 0.717) is 31.9 Å². The molecule has 0 aromatic heterocycles. The molecule has 1 aliphatic rings. The van der Waals surface area contributed by atoms with Crippen LogP contribution in [0.4, 0.5) is 22.7 Å². The molecule has 0 atom stereocenters. The van der Waals surface area contributed by atoms with Crippen molar-refractivity contribution in [3.8, 4) is 5.75 Å². The molecule has 0 N–H and O–H groups in total. The predicted molar refractivity (Wildman–Crippen MR) is 113 cm³/mol. The Bertz CT molecular complexity index is 968. The van der Waals surface area contributed by atoms with E-state index in [9.17, 15) is 25.0 Å². The summed E-state index contributed by atoms with van der Waals surface area (Å²) in [6, 6.07) is 9.56. The molecule has 1 aliphatic heterocycles. The zero-order valence-electron chi connectivity index (χ0n) is 17.1. The molecule has 2 aromatic carbocycles. The molecule has 0 amide bonds. The Morgan fingerprint density at radius 1 is 1.00 bits per heavy atom. The highest BCUT2D eigenvalue weighted by Gasteiger charge is 2.34. The summed E-state index contributed by atoms with van der Waals surface area (Å²) in [5, 5.41) is 23.4. The van der Waals surface area contributed by atoms with Crippen LogP contribution in [0, 0.1) is 20.2 Å². The van der Waals surface area contributed by atoms with E-state index in [2.05, 4.69) is 4.90 Å². The number of nitrogens with zero attached hydrogens (tertiary/aromatic N) is 4. The summed E-state index contributed by atoms with van der Waals surface area (Å²) >= 11 is 0. The maximum absolute atomic E-state index is 12.0. The number of anilines is 2. The van der Waals surface area contributed by atoms with Gasteiger partial charge in [0.15, 0.2) is 5.69 Å². The Hall–Kier alpha value is -3.89. The van der Waals surface area contributed by atoms with Crippen LogP contribution < -0.4 is 14.5 Å². The van der Waals surface area contributed by atoms with Crippen molar-refractivity contribution in [2.45, 2.75) is 6.92 Å². The van der Waals surface area contributed by atoms with Crippen molar-refractivity contribution in [1.82, 2.24) is 0 Å². The second-order valence-electron chi connectivity index (χ2n) is 6.74. The number of nitro benzene ring substituents is 2. The molecule has 164 valence electrons. The number of para-hydroxylation sites is 2. The van der Waals surface area contributed by atoms with Gasteiger partial charge in [0.25, 0.3) is 0 Å². The molecule has 3 rings (SSSR count). The second-order valence-corrected chi connectivity index (χ2v) is 6.74. The molecular formula is C20H22N4O7. The fraction of sp³-hybridized carbons (Fsp3) is 0.350. The average molecular weight is 430 g/mol. The number of carbonyl (C=O) groups excluding carboxylic acids is 1. The highest BCUT2D eigenvalue weighted by Crippen LogP contribution is 2.40. The van der Waals surface area contributed by atoms with Crippen LogP contribution in [0.25, 0.3) is 0 Å². The van der Waals surface area contributed by atoms with Crippen LogP contribution in [0.1, 0.15) is 17.3 Å². The zero-order valence-corrected chi connectivity index (χ0v) is 17.1.